The first-order valence-electron chi connectivity index (χ1n) is 4.82. The molecule has 1 heterocycles. The number of carboxylic acid groups (broad SMARTS) is 1. The number of H-pyrrole nitrogens is 1. The van der Waals surface area contributed by atoms with Crippen LogP contribution < -0.4 is 0 Å². The Hall–Kier alpha value is -1.38. The van der Waals surface area contributed by atoms with Crippen molar-refractivity contribution in [2.45, 2.75) is 4.90 Å². The van der Waals surface area contributed by atoms with Gasteiger partial charge in [-0.2, -0.15) is 4.31 Å². The summed E-state index contributed by atoms with van der Waals surface area (Å²) >= 11 is 0. The third-order valence-corrected chi connectivity index (χ3v) is 3.90. The number of aliphatic carboxylic acids is 1. The van der Waals surface area contributed by atoms with Gasteiger partial charge in [-0.05, 0) is 6.07 Å². The molecule has 1 aromatic rings. The molecule has 0 spiro atoms. The third-order valence-electron chi connectivity index (χ3n) is 2.06. The summed E-state index contributed by atoms with van der Waals surface area (Å²) in [6.45, 7) is -0.454. The summed E-state index contributed by atoms with van der Waals surface area (Å²) in [5, 5.41) is 8.69. The number of sulfonamides is 1. The minimum absolute atomic E-state index is 0.00366. The van der Waals surface area contributed by atoms with Crippen LogP contribution in [0.2, 0.25) is 0 Å². The standard InChI is InChI=1S/C9H14N2O5S/c1-16-5-4-11(7-9(12)13)17(14,15)8-2-3-10-6-8/h2-3,6,10H,4-5,7H2,1H3,(H,12,13). The van der Waals surface area contributed by atoms with E-state index in [4.69, 9.17) is 9.84 Å². The lowest BCUT2D eigenvalue weighted by molar-refractivity contribution is -0.137. The fraction of sp³-hybridized carbons (Fsp3) is 0.444. The fourth-order valence-corrected chi connectivity index (χ4v) is 2.60. The molecule has 96 valence electrons. The summed E-state index contributed by atoms with van der Waals surface area (Å²) in [6.07, 6.45) is 2.76. The number of methoxy groups -OCH3 is 1. The molecule has 0 bridgehead atoms. The molecule has 1 aromatic heterocycles. The Morgan fingerprint density at radius 1 is 1.59 bits per heavy atom. The van der Waals surface area contributed by atoms with E-state index in [9.17, 15) is 13.2 Å². The molecule has 0 saturated heterocycles. The highest BCUT2D eigenvalue weighted by atomic mass is 32.2. The number of aromatic nitrogens is 1. The number of rotatable bonds is 7. The second-order valence-corrected chi connectivity index (χ2v) is 5.21. The smallest absolute Gasteiger partial charge is 0.318 e. The maximum absolute atomic E-state index is 12.0. The van der Waals surface area contributed by atoms with Crippen LogP contribution in [0.3, 0.4) is 0 Å². The summed E-state index contributed by atoms with van der Waals surface area (Å²) in [5.41, 5.74) is 0. The van der Waals surface area contributed by atoms with Crippen molar-refractivity contribution < 1.29 is 23.1 Å². The molecular formula is C9H14N2O5S. The molecule has 0 saturated carbocycles. The summed E-state index contributed by atoms with van der Waals surface area (Å²) < 4.78 is 29.7. The van der Waals surface area contributed by atoms with E-state index >= 15 is 0 Å². The number of nitrogens with one attached hydrogen (secondary N) is 1. The molecule has 17 heavy (non-hydrogen) atoms. The zero-order valence-corrected chi connectivity index (χ0v) is 10.1. The van der Waals surface area contributed by atoms with Crippen molar-refractivity contribution in [2.24, 2.45) is 0 Å². The molecule has 7 nitrogen and oxygen atoms in total. The molecule has 0 atom stereocenters. The maximum atomic E-state index is 12.0. The Kier molecular flexibility index (Phi) is 4.67. The molecule has 0 aromatic carbocycles. The molecular weight excluding hydrogens is 248 g/mol. The lowest BCUT2D eigenvalue weighted by Crippen LogP contribution is -2.37. The van der Waals surface area contributed by atoms with E-state index in [-0.39, 0.29) is 18.0 Å². The lowest BCUT2D eigenvalue weighted by atomic mass is 10.6. The number of carbonyl (C=O) groups is 1. The van der Waals surface area contributed by atoms with Crippen molar-refractivity contribution in [1.29, 1.82) is 0 Å². The Bertz CT molecular complexity index is 454. The van der Waals surface area contributed by atoms with Crippen molar-refractivity contribution in [3.8, 4) is 0 Å². The van der Waals surface area contributed by atoms with Crippen LogP contribution in [0.4, 0.5) is 0 Å². The predicted molar refractivity (Wildman–Crippen MR) is 59.1 cm³/mol. The van der Waals surface area contributed by atoms with Crippen molar-refractivity contribution in [3.63, 3.8) is 0 Å². The summed E-state index contributed by atoms with van der Waals surface area (Å²) in [5.74, 6) is -1.21. The first kappa shape index (κ1) is 13.7. The van der Waals surface area contributed by atoms with Gasteiger partial charge in [0.05, 0.1) is 11.5 Å². The Morgan fingerprint density at radius 2 is 2.29 bits per heavy atom. The van der Waals surface area contributed by atoms with E-state index < -0.39 is 22.5 Å². The first-order valence-corrected chi connectivity index (χ1v) is 6.26. The van der Waals surface area contributed by atoms with Crippen LogP contribution >= 0.6 is 0 Å². The van der Waals surface area contributed by atoms with Crippen molar-refractivity contribution in [3.05, 3.63) is 18.5 Å². The monoisotopic (exact) mass is 262 g/mol. The van der Waals surface area contributed by atoms with E-state index in [0.29, 0.717) is 0 Å². The second kappa shape index (κ2) is 5.80. The average molecular weight is 262 g/mol. The highest BCUT2D eigenvalue weighted by Gasteiger charge is 2.26. The zero-order chi connectivity index (χ0) is 12.9. The Balaban J connectivity index is 2.92. The SMILES string of the molecule is COCCN(CC(=O)O)S(=O)(=O)c1cc[nH]c1. The molecule has 0 aliphatic carbocycles. The quantitative estimate of drug-likeness (QED) is 0.705. The molecule has 1 rings (SSSR count). The van der Waals surface area contributed by atoms with E-state index in [1.165, 1.54) is 25.6 Å². The minimum Gasteiger partial charge on any atom is -0.480 e. The number of hydrogen-bond donors (Lipinski definition) is 2. The molecule has 0 amide bonds. The second-order valence-electron chi connectivity index (χ2n) is 3.27. The molecule has 0 radical (unpaired) electrons. The van der Waals surface area contributed by atoms with Gasteiger partial charge in [-0.1, -0.05) is 0 Å². The van der Waals surface area contributed by atoms with Gasteiger partial charge in [0, 0.05) is 26.0 Å². The van der Waals surface area contributed by atoms with Crippen LogP contribution in [0.1, 0.15) is 0 Å². The Labute approximate surface area is 99.1 Å². The zero-order valence-electron chi connectivity index (χ0n) is 9.29. The van der Waals surface area contributed by atoms with E-state index in [2.05, 4.69) is 4.98 Å². The normalized spacial score (nSPS) is 11.9. The number of carboxylic acids is 1. The van der Waals surface area contributed by atoms with Crippen molar-refractivity contribution in [1.82, 2.24) is 9.29 Å². The molecule has 0 unspecified atom stereocenters. The Morgan fingerprint density at radius 3 is 2.76 bits per heavy atom. The number of ether oxygens (including phenoxy) is 1. The van der Waals surface area contributed by atoms with Gasteiger partial charge < -0.3 is 14.8 Å². The van der Waals surface area contributed by atoms with Gasteiger partial charge in [0.25, 0.3) is 0 Å². The highest BCUT2D eigenvalue weighted by molar-refractivity contribution is 7.89. The summed E-state index contributed by atoms with van der Waals surface area (Å²) in [6, 6.07) is 1.37. The van der Waals surface area contributed by atoms with Gasteiger partial charge in [0.1, 0.15) is 6.54 Å². The van der Waals surface area contributed by atoms with Crippen LogP contribution in [0.5, 0.6) is 0 Å². The molecule has 2 N–H and O–H groups in total. The summed E-state index contributed by atoms with van der Waals surface area (Å²) in [4.78, 5) is 13.3. The topological polar surface area (TPSA) is 99.7 Å². The van der Waals surface area contributed by atoms with Crippen LogP contribution in [-0.2, 0) is 19.6 Å². The highest BCUT2D eigenvalue weighted by Crippen LogP contribution is 2.14. The van der Waals surface area contributed by atoms with Crippen LogP contribution in [0.25, 0.3) is 0 Å². The first-order chi connectivity index (χ1) is 7.98. The lowest BCUT2D eigenvalue weighted by Gasteiger charge is -2.18. The van der Waals surface area contributed by atoms with Crippen LogP contribution in [0.15, 0.2) is 23.4 Å². The van der Waals surface area contributed by atoms with Gasteiger partial charge in [-0.15, -0.1) is 0 Å². The van der Waals surface area contributed by atoms with E-state index in [0.717, 1.165) is 4.31 Å². The van der Waals surface area contributed by atoms with Gasteiger partial charge >= 0.3 is 5.97 Å². The van der Waals surface area contributed by atoms with Gasteiger partial charge in [-0.3, -0.25) is 4.79 Å². The molecule has 8 heteroatoms. The van der Waals surface area contributed by atoms with E-state index in [1.807, 2.05) is 0 Å². The van der Waals surface area contributed by atoms with Gasteiger partial charge in [-0.25, -0.2) is 8.42 Å². The minimum atomic E-state index is -3.78. The molecule has 0 fully saturated rings. The van der Waals surface area contributed by atoms with Gasteiger partial charge in [0.15, 0.2) is 0 Å². The van der Waals surface area contributed by atoms with Crippen molar-refractivity contribution in [2.75, 3.05) is 26.8 Å². The van der Waals surface area contributed by atoms with E-state index in [1.54, 1.807) is 0 Å². The maximum Gasteiger partial charge on any atom is 0.318 e. The van der Waals surface area contributed by atoms with Crippen LogP contribution in [-0.4, -0.2) is 55.6 Å². The van der Waals surface area contributed by atoms with Crippen LogP contribution in [0, 0.1) is 0 Å². The number of aromatic amines is 1. The number of hydrogen-bond acceptors (Lipinski definition) is 4. The number of nitrogens with zero attached hydrogens (tertiary/aromatic N) is 1. The largest absolute Gasteiger partial charge is 0.480 e. The van der Waals surface area contributed by atoms with Crippen molar-refractivity contribution >= 4 is 16.0 Å². The molecule has 0 aliphatic rings. The van der Waals surface area contributed by atoms with Gasteiger partial charge in [0.2, 0.25) is 10.0 Å². The predicted octanol–water partition coefficient (Wildman–Crippen LogP) is -0.264. The molecule has 0 aliphatic heterocycles. The average Bonchev–Trinajstić information content (AvgIpc) is 2.77. The summed E-state index contributed by atoms with van der Waals surface area (Å²) in [7, 11) is -2.37. The fourth-order valence-electron chi connectivity index (χ4n) is 1.25. The third kappa shape index (κ3) is 3.55.